The Morgan fingerprint density at radius 3 is 2.73 bits per heavy atom. The lowest BCUT2D eigenvalue weighted by molar-refractivity contribution is 1.02. The predicted octanol–water partition coefficient (Wildman–Crippen LogP) is 2.25. The molecule has 2 rings (SSSR count). The molecule has 0 atom stereocenters. The number of aromatic nitrogens is 3. The van der Waals surface area contributed by atoms with Crippen LogP contribution in [0.15, 0.2) is 41.4 Å². The molecule has 2 heterocycles. The van der Waals surface area contributed by atoms with Crippen molar-refractivity contribution < 1.29 is 0 Å². The van der Waals surface area contributed by atoms with Gasteiger partial charge in [-0.3, -0.25) is 4.98 Å². The van der Waals surface area contributed by atoms with Gasteiger partial charge >= 0.3 is 0 Å². The molecule has 15 heavy (non-hydrogen) atoms. The monoisotopic (exact) mass is 264 g/mol. The molecule has 1 N–H and O–H groups in total. The van der Waals surface area contributed by atoms with E-state index >= 15 is 0 Å². The van der Waals surface area contributed by atoms with Crippen LogP contribution >= 0.6 is 15.9 Å². The molecule has 0 aliphatic carbocycles. The number of hydrogen-bond acceptors (Lipinski definition) is 4. The van der Waals surface area contributed by atoms with E-state index in [1.165, 1.54) is 0 Å². The Morgan fingerprint density at radius 1 is 1.13 bits per heavy atom. The van der Waals surface area contributed by atoms with Gasteiger partial charge in [-0.05, 0) is 28.1 Å². The fourth-order valence-corrected chi connectivity index (χ4v) is 1.29. The number of nitrogens with zero attached hydrogens (tertiary/aromatic N) is 3. The maximum absolute atomic E-state index is 4.19. The number of pyridine rings is 1. The smallest absolute Gasteiger partial charge is 0.144 e. The van der Waals surface area contributed by atoms with Gasteiger partial charge in [-0.25, -0.2) is 9.97 Å². The van der Waals surface area contributed by atoms with Crippen molar-refractivity contribution in [3.05, 3.63) is 47.1 Å². The van der Waals surface area contributed by atoms with E-state index < -0.39 is 0 Å². The van der Waals surface area contributed by atoms with Crippen LogP contribution in [0.25, 0.3) is 0 Å². The van der Waals surface area contributed by atoms with Gasteiger partial charge in [-0.1, -0.05) is 6.07 Å². The fourth-order valence-electron chi connectivity index (χ4n) is 1.09. The molecule has 0 radical (unpaired) electrons. The van der Waals surface area contributed by atoms with E-state index in [0.717, 1.165) is 16.1 Å². The second kappa shape index (κ2) is 4.84. The van der Waals surface area contributed by atoms with Crippen molar-refractivity contribution >= 4 is 21.7 Å². The van der Waals surface area contributed by atoms with Crippen molar-refractivity contribution in [2.45, 2.75) is 6.54 Å². The largest absolute Gasteiger partial charge is 0.363 e. The van der Waals surface area contributed by atoms with Crippen LogP contribution in [-0.2, 0) is 6.54 Å². The average Bonchev–Trinajstić information content (AvgIpc) is 2.30. The third-order valence-electron chi connectivity index (χ3n) is 1.80. The first-order valence-electron chi connectivity index (χ1n) is 4.46. The molecule has 0 amide bonds. The van der Waals surface area contributed by atoms with Crippen LogP contribution in [0.1, 0.15) is 5.69 Å². The molecule has 0 aliphatic rings. The maximum Gasteiger partial charge on any atom is 0.144 e. The van der Waals surface area contributed by atoms with Crippen LogP contribution in [-0.4, -0.2) is 15.0 Å². The van der Waals surface area contributed by atoms with Crippen molar-refractivity contribution in [1.82, 2.24) is 15.0 Å². The molecular weight excluding hydrogens is 256 g/mol. The zero-order valence-corrected chi connectivity index (χ0v) is 9.48. The SMILES string of the molecule is Brc1cnc(NCc2ccccn2)cn1. The highest BCUT2D eigenvalue weighted by Gasteiger charge is 1.95. The molecule has 0 fully saturated rings. The molecule has 0 spiro atoms. The third kappa shape index (κ3) is 2.99. The van der Waals surface area contributed by atoms with Crippen LogP contribution in [0.4, 0.5) is 5.82 Å². The van der Waals surface area contributed by atoms with Gasteiger partial charge in [0.15, 0.2) is 0 Å². The molecule has 0 aromatic carbocycles. The lowest BCUT2D eigenvalue weighted by Crippen LogP contribution is -2.02. The van der Waals surface area contributed by atoms with Crippen LogP contribution in [0.2, 0.25) is 0 Å². The molecule has 4 nitrogen and oxygen atoms in total. The van der Waals surface area contributed by atoms with Gasteiger partial charge in [0.2, 0.25) is 0 Å². The fraction of sp³-hybridized carbons (Fsp3) is 0.100. The topological polar surface area (TPSA) is 50.7 Å². The van der Waals surface area contributed by atoms with Gasteiger partial charge in [0.25, 0.3) is 0 Å². The minimum absolute atomic E-state index is 0.650. The highest BCUT2D eigenvalue weighted by molar-refractivity contribution is 9.10. The summed E-state index contributed by atoms with van der Waals surface area (Å²) in [6, 6.07) is 5.81. The van der Waals surface area contributed by atoms with Gasteiger partial charge in [-0.2, -0.15) is 0 Å². The van der Waals surface area contributed by atoms with Crippen molar-refractivity contribution in [2.75, 3.05) is 5.32 Å². The minimum Gasteiger partial charge on any atom is -0.363 e. The second-order valence-corrected chi connectivity index (χ2v) is 3.71. The van der Waals surface area contributed by atoms with E-state index in [-0.39, 0.29) is 0 Å². The van der Waals surface area contributed by atoms with Crippen molar-refractivity contribution in [1.29, 1.82) is 0 Å². The molecule has 76 valence electrons. The molecule has 0 saturated carbocycles. The molecule has 2 aromatic rings. The van der Waals surface area contributed by atoms with Gasteiger partial charge < -0.3 is 5.32 Å². The minimum atomic E-state index is 0.650. The van der Waals surface area contributed by atoms with Gasteiger partial charge in [0.05, 0.1) is 24.6 Å². The third-order valence-corrected chi connectivity index (χ3v) is 2.21. The van der Waals surface area contributed by atoms with E-state index in [2.05, 4.69) is 36.2 Å². The molecule has 5 heteroatoms. The Hall–Kier alpha value is -1.49. The predicted molar refractivity (Wildman–Crippen MR) is 61.3 cm³/mol. The molecule has 0 unspecified atom stereocenters. The number of anilines is 1. The average molecular weight is 265 g/mol. The van der Waals surface area contributed by atoms with Crippen LogP contribution in [0.3, 0.4) is 0 Å². The summed E-state index contributed by atoms with van der Waals surface area (Å²) in [5, 5.41) is 3.13. The van der Waals surface area contributed by atoms with Gasteiger partial charge in [-0.15, -0.1) is 0 Å². The van der Waals surface area contributed by atoms with Crippen LogP contribution in [0, 0.1) is 0 Å². The van der Waals surface area contributed by atoms with E-state index in [1.807, 2.05) is 18.2 Å². The Bertz CT molecular complexity index is 415. The highest BCUT2D eigenvalue weighted by atomic mass is 79.9. The normalized spacial score (nSPS) is 9.93. The summed E-state index contributed by atoms with van der Waals surface area (Å²) in [4.78, 5) is 12.4. The zero-order chi connectivity index (χ0) is 10.5. The van der Waals surface area contributed by atoms with Crippen molar-refractivity contribution in [3.63, 3.8) is 0 Å². The van der Waals surface area contributed by atoms with Crippen molar-refractivity contribution in [2.24, 2.45) is 0 Å². The summed E-state index contributed by atoms with van der Waals surface area (Å²) in [5.41, 5.74) is 0.974. The summed E-state index contributed by atoms with van der Waals surface area (Å²) in [7, 11) is 0. The van der Waals surface area contributed by atoms with E-state index in [4.69, 9.17) is 0 Å². The molecule has 0 saturated heterocycles. The first-order valence-corrected chi connectivity index (χ1v) is 5.25. The summed E-state index contributed by atoms with van der Waals surface area (Å²) in [5.74, 6) is 0.740. The zero-order valence-electron chi connectivity index (χ0n) is 7.89. The van der Waals surface area contributed by atoms with Crippen LogP contribution < -0.4 is 5.32 Å². The lowest BCUT2D eigenvalue weighted by atomic mass is 10.3. The Morgan fingerprint density at radius 2 is 2.07 bits per heavy atom. The summed E-state index contributed by atoms with van der Waals surface area (Å²) in [6.45, 7) is 0.650. The first kappa shape index (κ1) is 10.0. The number of rotatable bonds is 3. The highest BCUT2D eigenvalue weighted by Crippen LogP contribution is 2.07. The van der Waals surface area contributed by atoms with Crippen LogP contribution in [0.5, 0.6) is 0 Å². The van der Waals surface area contributed by atoms with Crippen molar-refractivity contribution in [3.8, 4) is 0 Å². The number of hydrogen-bond donors (Lipinski definition) is 1. The van der Waals surface area contributed by atoms with Gasteiger partial charge in [0.1, 0.15) is 10.4 Å². The lowest BCUT2D eigenvalue weighted by Gasteiger charge is -2.03. The van der Waals surface area contributed by atoms with E-state index in [0.29, 0.717) is 6.54 Å². The summed E-state index contributed by atoms with van der Waals surface area (Å²) < 4.78 is 0.728. The number of halogens is 1. The standard InChI is InChI=1S/C10H9BrN4/c11-9-6-15-10(7-13-9)14-5-8-3-1-2-4-12-8/h1-4,6-7H,5H2,(H,14,15). The Labute approximate surface area is 95.9 Å². The van der Waals surface area contributed by atoms with E-state index in [9.17, 15) is 0 Å². The molecule has 2 aromatic heterocycles. The Kier molecular flexibility index (Phi) is 3.24. The molecule has 0 bridgehead atoms. The quantitative estimate of drug-likeness (QED) is 0.924. The van der Waals surface area contributed by atoms with E-state index in [1.54, 1.807) is 18.6 Å². The number of nitrogens with one attached hydrogen (secondary N) is 1. The maximum atomic E-state index is 4.19. The molecular formula is C10H9BrN4. The second-order valence-electron chi connectivity index (χ2n) is 2.90. The summed E-state index contributed by atoms with van der Waals surface area (Å²) in [6.07, 6.45) is 5.10. The first-order chi connectivity index (χ1) is 7.34. The summed E-state index contributed by atoms with van der Waals surface area (Å²) >= 11 is 3.23. The van der Waals surface area contributed by atoms with Gasteiger partial charge in [0, 0.05) is 6.20 Å². The molecule has 0 aliphatic heterocycles. The Balaban J connectivity index is 1.96.